The number of rotatable bonds is 44. The average molecular weight is 1100 g/mol. The molecule has 20 nitrogen and oxygen atoms in total. The summed E-state index contributed by atoms with van der Waals surface area (Å²) in [5, 5.41) is 60.6. The Bertz CT molecular complexity index is 1720. The number of aliphatic hydroxyl groups excluding tert-OH is 5. The molecule has 1 fully saturated rings. The topological polar surface area (TPSA) is 340 Å². The minimum atomic E-state index is -5.50. The summed E-state index contributed by atoms with van der Waals surface area (Å²) in [6.45, 7) is 2.62. The standard InChI is InChI=1S/C50H89NO19P2S/c1-3-5-7-9-11-13-15-17-18-19-21-23-25-27-29-34-43(55)68-38(36-67-72(64,65)70-49-47(59)45(57)44(56)46(58)48(49)69-71(61,62)63)35-66-50(60)39(51)37-73-41(40(52)31-30-33-42(53)54)32-28-26-24-22-20-16-14-12-10-8-6-4-2/h12,14,20,22,24,26,28,32,38-41,44-49,52,56-59H,3-11,13,15-19,21,23,25,27,29-31,33-37,51H2,1-2H3,(H,53,54)(H,64,65)(H2,61,62,63)/b14-12-,22-20-,26-24+,32-28+/t38-,39+,40+,41-,44+,45+,46-,47-,48-,49+/m1/s1. The van der Waals surface area contributed by atoms with Gasteiger partial charge in [0.05, 0.1) is 12.7 Å². The number of esters is 2. The van der Waals surface area contributed by atoms with Gasteiger partial charge in [-0.05, 0) is 38.5 Å². The molecule has 0 aromatic heterocycles. The van der Waals surface area contributed by atoms with Crippen LogP contribution in [0.2, 0.25) is 0 Å². The number of carbonyl (C=O) groups excluding carboxylic acids is 2. The predicted octanol–water partition coefficient (Wildman–Crippen LogP) is 7.38. The van der Waals surface area contributed by atoms with Crippen molar-refractivity contribution < 1.29 is 91.9 Å². The van der Waals surface area contributed by atoms with E-state index in [0.717, 1.165) is 63.1 Å². The van der Waals surface area contributed by atoms with Gasteiger partial charge in [0.1, 0.15) is 49.3 Å². The van der Waals surface area contributed by atoms with Crippen molar-refractivity contribution in [3.63, 3.8) is 0 Å². The molecule has 0 aromatic carbocycles. The number of carboxylic acid groups (broad SMARTS) is 1. The van der Waals surface area contributed by atoms with Gasteiger partial charge in [-0.15, -0.1) is 11.8 Å². The molecule has 0 amide bonds. The van der Waals surface area contributed by atoms with Crippen LogP contribution in [0.1, 0.15) is 168 Å². The third-order valence-corrected chi connectivity index (χ3v) is 14.8. The SMILES string of the molecule is CCCCC/C=C\C\C=C/C=C/C=C/[C@@H](SC[C@H](N)C(=O)OC[C@H](COP(=O)(O)O[C@H]1[C@H](O)[C@@H](O)[C@H](O)[C@@H](O)[C@H]1OP(=O)(O)O)OC(=O)CCCCCCCCCCCCCCCCC)[C@@H](O)CCCC(=O)O. The van der Waals surface area contributed by atoms with Gasteiger partial charge < -0.3 is 60.5 Å². The van der Waals surface area contributed by atoms with Crippen LogP contribution >= 0.6 is 27.4 Å². The van der Waals surface area contributed by atoms with Gasteiger partial charge in [0, 0.05) is 23.8 Å². The molecule has 23 heteroatoms. The van der Waals surface area contributed by atoms with Crippen molar-refractivity contribution >= 4 is 45.3 Å². The third kappa shape index (κ3) is 34.2. The molecule has 1 unspecified atom stereocenters. The fraction of sp³-hybridized carbons (Fsp3) is 0.780. The van der Waals surface area contributed by atoms with Gasteiger partial charge in [-0.3, -0.25) is 28.0 Å². The number of unbranched alkanes of at least 4 members (excludes halogenated alkanes) is 17. The number of aliphatic hydroxyl groups is 5. The van der Waals surface area contributed by atoms with Gasteiger partial charge in [-0.1, -0.05) is 165 Å². The normalized spacial score (nSPS) is 22.2. The monoisotopic (exact) mass is 1100 g/mol. The number of ether oxygens (including phenoxy) is 2. The number of carboxylic acids is 1. The van der Waals surface area contributed by atoms with Gasteiger partial charge in [0.2, 0.25) is 0 Å². The Balaban J connectivity index is 2.98. The van der Waals surface area contributed by atoms with Crippen molar-refractivity contribution in [2.45, 2.75) is 228 Å². The minimum Gasteiger partial charge on any atom is -0.481 e. The highest BCUT2D eigenvalue weighted by Gasteiger charge is 2.54. The van der Waals surface area contributed by atoms with E-state index in [0.29, 0.717) is 6.42 Å². The van der Waals surface area contributed by atoms with E-state index in [4.69, 9.17) is 29.4 Å². The second-order valence-corrected chi connectivity index (χ2v) is 22.3. The first-order chi connectivity index (χ1) is 34.7. The Morgan fingerprint density at radius 2 is 1.18 bits per heavy atom. The molecular weight excluding hydrogens is 1010 g/mol. The largest absolute Gasteiger partial charge is 0.481 e. The Labute approximate surface area is 437 Å². The van der Waals surface area contributed by atoms with Gasteiger partial charge in [0.25, 0.3) is 0 Å². The molecular formula is C50H89NO19P2S. The van der Waals surface area contributed by atoms with Gasteiger partial charge in [0.15, 0.2) is 6.10 Å². The first-order valence-corrected chi connectivity index (χ1v) is 30.2. The fourth-order valence-corrected chi connectivity index (χ4v) is 10.4. The zero-order valence-corrected chi connectivity index (χ0v) is 45.6. The molecule has 0 bridgehead atoms. The van der Waals surface area contributed by atoms with E-state index >= 15 is 0 Å². The zero-order chi connectivity index (χ0) is 54.5. The summed E-state index contributed by atoms with van der Waals surface area (Å²) in [4.78, 5) is 66.7. The van der Waals surface area contributed by atoms with Crippen molar-refractivity contribution in [3.8, 4) is 0 Å². The molecule has 0 aliphatic heterocycles. The van der Waals surface area contributed by atoms with E-state index in [9.17, 15) is 63.7 Å². The number of hydrogen-bond acceptors (Lipinski definition) is 17. The van der Waals surface area contributed by atoms with Crippen molar-refractivity contribution in [2.75, 3.05) is 19.0 Å². The molecule has 0 saturated heterocycles. The van der Waals surface area contributed by atoms with Crippen LogP contribution in [0.25, 0.3) is 0 Å². The molecule has 73 heavy (non-hydrogen) atoms. The van der Waals surface area contributed by atoms with E-state index in [2.05, 4.69) is 30.5 Å². The minimum absolute atomic E-state index is 0.0639. The molecule has 1 saturated carbocycles. The lowest BCUT2D eigenvalue weighted by atomic mass is 9.85. The van der Waals surface area contributed by atoms with E-state index in [1.165, 1.54) is 70.6 Å². The summed E-state index contributed by atoms with van der Waals surface area (Å²) >= 11 is 1.11. The fourth-order valence-electron chi connectivity index (χ4n) is 7.70. The highest BCUT2D eigenvalue weighted by atomic mass is 32.2. The van der Waals surface area contributed by atoms with Crippen LogP contribution in [0.3, 0.4) is 0 Å². The van der Waals surface area contributed by atoms with Crippen LogP contribution in [0.5, 0.6) is 0 Å². The van der Waals surface area contributed by atoms with Crippen LogP contribution < -0.4 is 5.73 Å². The Morgan fingerprint density at radius 1 is 0.644 bits per heavy atom. The number of carbonyl (C=O) groups is 3. The van der Waals surface area contributed by atoms with Crippen LogP contribution in [0, 0.1) is 0 Å². The van der Waals surface area contributed by atoms with E-state index in [-0.39, 0.29) is 31.4 Å². The third-order valence-electron chi connectivity index (χ3n) is 11.9. The quantitative estimate of drug-likeness (QED) is 0.00935. The molecule has 1 aliphatic carbocycles. The second-order valence-electron chi connectivity index (χ2n) is 18.5. The number of phosphoric acid groups is 2. The van der Waals surface area contributed by atoms with Crippen LogP contribution in [-0.4, -0.2) is 142 Å². The smallest absolute Gasteiger partial charge is 0.472 e. The Kier molecular flexibility index (Phi) is 38.5. The maximum absolute atomic E-state index is 13.2. The first-order valence-electron chi connectivity index (χ1n) is 26.1. The molecule has 0 heterocycles. The lowest BCUT2D eigenvalue weighted by Gasteiger charge is -2.43. The van der Waals surface area contributed by atoms with Gasteiger partial charge in [-0.25, -0.2) is 9.13 Å². The van der Waals surface area contributed by atoms with Crippen molar-refractivity contribution in [1.29, 1.82) is 0 Å². The molecule has 0 radical (unpaired) electrons. The molecule has 424 valence electrons. The number of hydrogen-bond donors (Lipinski definition) is 10. The van der Waals surface area contributed by atoms with Crippen molar-refractivity contribution in [2.24, 2.45) is 5.73 Å². The lowest BCUT2D eigenvalue weighted by molar-refractivity contribution is -0.216. The van der Waals surface area contributed by atoms with Gasteiger partial charge in [-0.2, -0.15) is 0 Å². The maximum atomic E-state index is 13.2. The van der Waals surface area contributed by atoms with E-state index < -0.39 is 107 Å². The second kappa shape index (κ2) is 40.9. The van der Waals surface area contributed by atoms with Crippen molar-refractivity contribution in [1.82, 2.24) is 0 Å². The molecule has 0 spiro atoms. The van der Waals surface area contributed by atoms with E-state index in [1.54, 1.807) is 18.2 Å². The zero-order valence-electron chi connectivity index (χ0n) is 43.0. The molecule has 1 rings (SSSR count). The Hall–Kier alpha value is -2.30. The summed E-state index contributed by atoms with van der Waals surface area (Å²) in [6.07, 6.45) is 20.8. The summed E-state index contributed by atoms with van der Waals surface area (Å²) in [6, 6.07) is -1.31. The Morgan fingerprint density at radius 3 is 1.74 bits per heavy atom. The molecule has 1 aliphatic rings. The van der Waals surface area contributed by atoms with Crippen LogP contribution in [-0.2, 0) is 46.6 Å². The maximum Gasteiger partial charge on any atom is 0.472 e. The summed E-state index contributed by atoms with van der Waals surface area (Å²) in [5.74, 6) is -2.86. The summed E-state index contributed by atoms with van der Waals surface area (Å²) in [7, 11) is -11.0. The highest BCUT2D eigenvalue weighted by molar-refractivity contribution is 8.00. The van der Waals surface area contributed by atoms with Crippen molar-refractivity contribution in [3.05, 3.63) is 48.6 Å². The predicted molar refractivity (Wildman–Crippen MR) is 279 cm³/mol. The van der Waals surface area contributed by atoms with Crippen LogP contribution in [0.15, 0.2) is 48.6 Å². The number of nitrogens with two attached hydrogens (primary N) is 1. The lowest BCUT2D eigenvalue weighted by Crippen LogP contribution is -2.64. The number of phosphoric ester groups is 2. The van der Waals surface area contributed by atoms with Crippen LogP contribution in [0.4, 0.5) is 0 Å². The summed E-state index contributed by atoms with van der Waals surface area (Å²) < 4.78 is 50.0. The highest BCUT2D eigenvalue weighted by Crippen LogP contribution is 2.50. The van der Waals surface area contributed by atoms with E-state index in [1.807, 2.05) is 18.2 Å². The number of thioether (sulfide) groups is 1. The molecule has 11 atom stereocenters. The first kappa shape index (κ1) is 68.7. The number of aliphatic carboxylic acids is 1. The average Bonchev–Trinajstić information content (AvgIpc) is 3.33. The number of allylic oxidation sites excluding steroid dienone is 7. The van der Waals surface area contributed by atoms with Gasteiger partial charge >= 0.3 is 33.6 Å². The molecule has 11 N–H and O–H groups in total. The molecule has 0 aromatic rings. The summed E-state index contributed by atoms with van der Waals surface area (Å²) in [5.41, 5.74) is 6.18.